The van der Waals surface area contributed by atoms with Crippen molar-refractivity contribution in [3.63, 3.8) is 0 Å². The zero-order chi connectivity index (χ0) is 19.4. The lowest BCUT2D eigenvalue weighted by molar-refractivity contribution is 0.0490. The summed E-state index contributed by atoms with van der Waals surface area (Å²) in [4.78, 5) is 29.3. The Balaban J connectivity index is 2.04. The SMILES string of the molecule is CCCN1CCN(c2cc(OC)cc3c(=O)cc(C(=O)OCC)oc23)CC1. The van der Waals surface area contributed by atoms with Crippen molar-refractivity contribution in [3.8, 4) is 5.75 Å². The summed E-state index contributed by atoms with van der Waals surface area (Å²) in [7, 11) is 1.57. The molecule has 0 spiro atoms. The maximum atomic E-state index is 12.6. The molecule has 7 heteroatoms. The molecule has 0 bridgehead atoms. The lowest BCUT2D eigenvalue weighted by Crippen LogP contribution is -2.46. The molecule has 0 saturated carbocycles. The minimum atomic E-state index is -0.633. The average Bonchev–Trinajstić information content (AvgIpc) is 2.68. The first-order chi connectivity index (χ1) is 13.1. The van der Waals surface area contributed by atoms with Crippen molar-refractivity contribution < 1.29 is 18.7 Å². The topological polar surface area (TPSA) is 72.2 Å². The van der Waals surface area contributed by atoms with Gasteiger partial charge in [0, 0.05) is 38.3 Å². The Morgan fingerprint density at radius 3 is 2.52 bits per heavy atom. The van der Waals surface area contributed by atoms with E-state index < -0.39 is 5.97 Å². The molecule has 1 saturated heterocycles. The van der Waals surface area contributed by atoms with Crippen LogP contribution >= 0.6 is 0 Å². The highest BCUT2D eigenvalue weighted by molar-refractivity contribution is 5.94. The Morgan fingerprint density at radius 1 is 1.15 bits per heavy atom. The number of fused-ring (bicyclic) bond motifs is 1. The Labute approximate surface area is 158 Å². The molecule has 27 heavy (non-hydrogen) atoms. The zero-order valence-corrected chi connectivity index (χ0v) is 16.1. The third kappa shape index (κ3) is 4.08. The van der Waals surface area contributed by atoms with Crippen LogP contribution in [0.5, 0.6) is 5.75 Å². The van der Waals surface area contributed by atoms with Gasteiger partial charge in [-0.05, 0) is 26.0 Å². The van der Waals surface area contributed by atoms with Gasteiger partial charge < -0.3 is 18.8 Å². The fraction of sp³-hybridized carbons (Fsp3) is 0.500. The largest absolute Gasteiger partial charge is 0.497 e. The molecule has 2 aromatic rings. The smallest absolute Gasteiger partial charge is 0.374 e. The Kier molecular flexibility index (Phi) is 6.01. The van der Waals surface area contributed by atoms with Crippen LogP contribution in [-0.2, 0) is 4.74 Å². The van der Waals surface area contributed by atoms with Gasteiger partial charge in [-0.15, -0.1) is 0 Å². The van der Waals surface area contributed by atoms with Gasteiger partial charge in [0.1, 0.15) is 5.75 Å². The monoisotopic (exact) mass is 374 g/mol. The average molecular weight is 374 g/mol. The molecule has 1 aromatic carbocycles. The van der Waals surface area contributed by atoms with Crippen molar-refractivity contribution in [1.82, 2.24) is 4.90 Å². The van der Waals surface area contributed by atoms with E-state index in [1.165, 1.54) is 6.07 Å². The van der Waals surface area contributed by atoms with Gasteiger partial charge in [-0.1, -0.05) is 6.92 Å². The third-order valence-corrected chi connectivity index (χ3v) is 4.75. The van der Waals surface area contributed by atoms with E-state index in [2.05, 4.69) is 16.7 Å². The Morgan fingerprint density at radius 2 is 1.89 bits per heavy atom. The zero-order valence-electron chi connectivity index (χ0n) is 16.1. The number of hydrogen-bond donors (Lipinski definition) is 0. The van der Waals surface area contributed by atoms with Gasteiger partial charge in [0.25, 0.3) is 0 Å². The minimum absolute atomic E-state index is 0.0783. The molecule has 1 aromatic heterocycles. The predicted molar refractivity (Wildman–Crippen MR) is 104 cm³/mol. The molecule has 0 radical (unpaired) electrons. The van der Waals surface area contributed by atoms with Crippen LogP contribution in [0.4, 0.5) is 5.69 Å². The van der Waals surface area contributed by atoms with Crippen LogP contribution in [0.25, 0.3) is 11.0 Å². The molecule has 146 valence electrons. The second-order valence-electron chi connectivity index (χ2n) is 6.55. The fourth-order valence-electron chi connectivity index (χ4n) is 3.40. The van der Waals surface area contributed by atoms with Crippen molar-refractivity contribution >= 4 is 22.6 Å². The molecular formula is C20H26N2O5. The molecule has 0 amide bonds. The van der Waals surface area contributed by atoms with Gasteiger partial charge in [-0.3, -0.25) is 9.69 Å². The number of ether oxygens (including phenoxy) is 2. The standard InChI is InChI=1S/C20H26N2O5/c1-4-6-21-7-9-22(10-8-21)16-12-14(25-3)11-15-17(23)13-18(27-19(15)16)20(24)26-5-2/h11-13H,4-10H2,1-3H3. The summed E-state index contributed by atoms with van der Waals surface area (Å²) >= 11 is 0. The highest BCUT2D eigenvalue weighted by Crippen LogP contribution is 2.32. The maximum absolute atomic E-state index is 12.6. The number of piperazine rings is 1. The molecule has 0 aliphatic carbocycles. The Bertz CT molecular complexity index is 869. The van der Waals surface area contributed by atoms with Crippen LogP contribution in [-0.4, -0.2) is 57.3 Å². The van der Waals surface area contributed by atoms with E-state index >= 15 is 0 Å². The summed E-state index contributed by atoms with van der Waals surface area (Å²) in [6.45, 7) is 8.69. The van der Waals surface area contributed by atoms with Gasteiger partial charge in [0.2, 0.25) is 5.76 Å². The number of esters is 1. The van der Waals surface area contributed by atoms with Crippen LogP contribution in [0, 0.1) is 0 Å². The Hall–Kier alpha value is -2.54. The van der Waals surface area contributed by atoms with E-state index in [-0.39, 0.29) is 17.8 Å². The third-order valence-electron chi connectivity index (χ3n) is 4.75. The molecule has 1 aliphatic rings. The molecule has 0 unspecified atom stereocenters. The fourth-order valence-corrected chi connectivity index (χ4v) is 3.40. The molecule has 2 heterocycles. The van der Waals surface area contributed by atoms with Gasteiger partial charge in [-0.2, -0.15) is 0 Å². The molecule has 1 aliphatic heterocycles. The minimum Gasteiger partial charge on any atom is -0.497 e. The van der Waals surface area contributed by atoms with E-state index in [0.717, 1.165) is 44.8 Å². The lowest BCUT2D eigenvalue weighted by atomic mass is 10.1. The van der Waals surface area contributed by atoms with Crippen LogP contribution < -0.4 is 15.1 Å². The van der Waals surface area contributed by atoms with Gasteiger partial charge in [-0.25, -0.2) is 4.79 Å². The first-order valence-electron chi connectivity index (χ1n) is 9.37. The molecule has 1 fully saturated rings. The molecule has 0 atom stereocenters. The number of benzene rings is 1. The second kappa shape index (κ2) is 8.43. The summed E-state index contributed by atoms with van der Waals surface area (Å²) in [5.41, 5.74) is 0.878. The van der Waals surface area contributed by atoms with Gasteiger partial charge in [0.05, 0.1) is 24.8 Å². The summed E-state index contributed by atoms with van der Waals surface area (Å²) in [5.74, 6) is -0.124. The normalized spacial score (nSPS) is 15.1. The number of carbonyl (C=O) groups excluding carboxylic acids is 1. The van der Waals surface area contributed by atoms with Crippen LogP contribution in [0.1, 0.15) is 30.8 Å². The van der Waals surface area contributed by atoms with Crippen molar-refractivity contribution in [2.45, 2.75) is 20.3 Å². The first-order valence-corrected chi connectivity index (χ1v) is 9.37. The molecule has 7 nitrogen and oxygen atoms in total. The van der Waals surface area contributed by atoms with Crippen molar-refractivity contribution in [1.29, 1.82) is 0 Å². The lowest BCUT2D eigenvalue weighted by Gasteiger charge is -2.36. The highest BCUT2D eigenvalue weighted by Gasteiger charge is 2.23. The van der Waals surface area contributed by atoms with Crippen LogP contribution in [0.3, 0.4) is 0 Å². The van der Waals surface area contributed by atoms with E-state index in [4.69, 9.17) is 13.9 Å². The summed E-state index contributed by atoms with van der Waals surface area (Å²) in [6.07, 6.45) is 1.12. The molecule has 0 N–H and O–H groups in total. The van der Waals surface area contributed by atoms with E-state index in [0.29, 0.717) is 16.7 Å². The molecule has 3 rings (SSSR count). The van der Waals surface area contributed by atoms with Gasteiger partial charge >= 0.3 is 5.97 Å². The quantitative estimate of drug-likeness (QED) is 0.720. The predicted octanol–water partition coefficient (Wildman–Crippen LogP) is 2.51. The van der Waals surface area contributed by atoms with E-state index in [1.807, 2.05) is 6.07 Å². The van der Waals surface area contributed by atoms with Crippen molar-refractivity contribution in [2.75, 3.05) is 51.3 Å². The number of carbonyl (C=O) groups is 1. The maximum Gasteiger partial charge on any atom is 0.374 e. The van der Waals surface area contributed by atoms with Crippen molar-refractivity contribution in [3.05, 3.63) is 34.2 Å². The van der Waals surface area contributed by atoms with Crippen LogP contribution in [0.15, 0.2) is 27.4 Å². The van der Waals surface area contributed by atoms with Crippen LogP contribution in [0.2, 0.25) is 0 Å². The van der Waals surface area contributed by atoms with Crippen molar-refractivity contribution in [2.24, 2.45) is 0 Å². The number of nitrogens with zero attached hydrogens (tertiary/aromatic N) is 2. The second-order valence-corrected chi connectivity index (χ2v) is 6.55. The van der Waals surface area contributed by atoms with Gasteiger partial charge in [0.15, 0.2) is 11.0 Å². The highest BCUT2D eigenvalue weighted by atomic mass is 16.5. The number of rotatable bonds is 6. The summed E-state index contributed by atoms with van der Waals surface area (Å²) in [6, 6.07) is 4.69. The van der Waals surface area contributed by atoms with E-state index in [9.17, 15) is 9.59 Å². The first kappa shape index (κ1) is 19.2. The van der Waals surface area contributed by atoms with E-state index in [1.54, 1.807) is 20.1 Å². The number of anilines is 1. The molecular weight excluding hydrogens is 348 g/mol. The number of methoxy groups -OCH3 is 1. The summed E-state index contributed by atoms with van der Waals surface area (Å²) < 4.78 is 16.2. The summed E-state index contributed by atoms with van der Waals surface area (Å²) in [5, 5.41) is 0.397. The number of hydrogen-bond acceptors (Lipinski definition) is 7.